The Labute approximate surface area is 175 Å². The lowest BCUT2D eigenvalue weighted by Crippen LogP contribution is -3.06. The van der Waals surface area contributed by atoms with E-state index in [1.165, 1.54) is 17.6 Å². The summed E-state index contributed by atoms with van der Waals surface area (Å²) in [5, 5.41) is 9.83. The first-order valence-corrected chi connectivity index (χ1v) is 10.6. The van der Waals surface area contributed by atoms with Crippen LogP contribution in [0.15, 0.2) is 52.0 Å². The molecule has 3 rings (SSSR count). The monoisotopic (exact) mass is 415 g/mol. The summed E-state index contributed by atoms with van der Waals surface area (Å²) in [6.07, 6.45) is 0.973. The van der Waals surface area contributed by atoms with Gasteiger partial charge in [0.1, 0.15) is 11.8 Å². The van der Waals surface area contributed by atoms with Crippen molar-refractivity contribution < 1.29 is 18.8 Å². The number of ether oxygens (including phenoxy) is 1. The van der Waals surface area contributed by atoms with Crippen LogP contribution in [-0.2, 0) is 17.0 Å². The molecule has 0 radical (unpaired) electrons. The summed E-state index contributed by atoms with van der Waals surface area (Å²) >= 11 is 1.55. The molecule has 0 fully saturated rings. The molecule has 0 amide bonds. The maximum atomic E-state index is 11.6. The zero-order valence-corrected chi connectivity index (χ0v) is 18.0. The Hall–Kier alpha value is -2.58. The number of rotatable bonds is 9. The van der Waals surface area contributed by atoms with Crippen molar-refractivity contribution in [2.24, 2.45) is 0 Å². The Morgan fingerprint density at radius 3 is 2.62 bits per heavy atom. The molecule has 7 nitrogen and oxygen atoms in total. The second-order valence-electron chi connectivity index (χ2n) is 7.00. The number of methoxy groups -OCH3 is 1. The zero-order valence-electron chi connectivity index (χ0n) is 17.2. The molecule has 0 spiro atoms. The van der Waals surface area contributed by atoms with Gasteiger partial charge < -0.3 is 14.1 Å². The van der Waals surface area contributed by atoms with Crippen LogP contribution in [0.3, 0.4) is 0 Å². The van der Waals surface area contributed by atoms with Gasteiger partial charge in [-0.15, -0.1) is 10.2 Å². The Balaban J connectivity index is 1.84. The van der Waals surface area contributed by atoms with E-state index in [9.17, 15) is 4.79 Å². The van der Waals surface area contributed by atoms with E-state index in [-0.39, 0.29) is 11.8 Å². The van der Waals surface area contributed by atoms with Crippen molar-refractivity contribution >= 4 is 17.7 Å². The first kappa shape index (κ1) is 21.1. The van der Waals surface area contributed by atoms with Crippen LogP contribution in [0.1, 0.15) is 47.1 Å². The van der Waals surface area contributed by atoms with Gasteiger partial charge in [-0.05, 0) is 17.7 Å². The first-order valence-electron chi connectivity index (χ1n) is 9.60. The summed E-state index contributed by atoms with van der Waals surface area (Å²) in [6.45, 7) is 2.88. The Morgan fingerprint density at radius 1 is 1.21 bits per heavy atom. The molecule has 29 heavy (non-hydrogen) atoms. The summed E-state index contributed by atoms with van der Waals surface area (Å²) in [7, 11) is 5.61. The third-order valence-electron chi connectivity index (χ3n) is 4.74. The third kappa shape index (κ3) is 5.07. The molecule has 8 heteroatoms. The summed E-state index contributed by atoms with van der Waals surface area (Å²) in [4.78, 5) is 12.9. The fourth-order valence-electron chi connectivity index (χ4n) is 3.23. The number of hydrogen-bond acceptors (Lipinski definition) is 6. The maximum absolute atomic E-state index is 11.6. The molecular formula is C21H27N4O3S+. The lowest BCUT2D eigenvalue weighted by Gasteiger charge is -2.20. The highest BCUT2D eigenvalue weighted by molar-refractivity contribution is 7.98. The van der Waals surface area contributed by atoms with Gasteiger partial charge in [0.25, 0.3) is 0 Å². The molecule has 0 saturated carbocycles. The van der Waals surface area contributed by atoms with Crippen molar-refractivity contribution in [1.82, 2.24) is 14.8 Å². The number of carbonyl (C=O) groups is 1. The van der Waals surface area contributed by atoms with Crippen LogP contribution >= 0.6 is 11.8 Å². The van der Waals surface area contributed by atoms with Crippen LogP contribution in [-0.4, -0.2) is 41.9 Å². The van der Waals surface area contributed by atoms with E-state index < -0.39 is 5.97 Å². The van der Waals surface area contributed by atoms with Crippen molar-refractivity contribution in [2.75, 3.05) is 21.2 Å². The Morgan fingerprint density at radius 2 is 1.97 bits per heavy atom. The molecule has 1 atom stereocenters. The summed E-state index contributed by atoms with van der Waals surface area (Å²) < 4.78 is 12.5. The SMILES string of the molecule is CC[C@@H](c1nnc(SCc2ccc(C(=O)OC)o2)n1Cc1ccccc1)[NH+](C)C. The predicted octanol–water partition coefficient (Wildman–Crippen LogP) is 2.59. The van der Waals surface area contributed by atoms with Gasteiger partial charge >= 0.3 is 5.97 Å². The fourth-order valence-corrected chi connectivity index (χ4v) is 4.07. The van der Waals surface area contributed by atoms with E-state index in [2.05, 4.69) is 47.9 Å². The zero-order chi connectivity index (χ0) is 20.8. The van der Waals surface area contributed by atoms with Crippen LogP contribution in [0.2, 0.25) is 0 Å². The number of aromatic nitrogens is 3. The standard InChI is InChI=1S/C21H26N4O3S/c1-5-17(24(2)3)19-22-23-21(25(19)13-15-9-7-6-8-10-15)29-14-16-11-12-18(28-16)20(26)27-4/h6-12,17H,5,13-14H2,1-4H3/p+1/t17-/m0/s1. The fraction of sp³-hybridized carbons (Fsp3) is 0.381. The van der Waals surface area contributed by atoms with Gasteiger partial charge in [0, 0.05) is 6.42 Å². The molecular weight excluding hydrogens is 388 g/mol. The number of furan rings is 1. The van der Waals surface area contributed by atoms with Crippen molar-refractivity contribution in [1.29, 1.82) is 0 Å². The van der Waals surface area contributed by atoms with Crippen LogP contribution in [0.25, 0.3) is 0 Å². The second-order valence-corrected chi connectivity index (χ2v) is 7.94. The molecule has 0 aliphatic carbocycles. The minimum Gasteiger partial charge on any atom is -0.463 e. The van der Waals surface area contributed by atoms with E-state index in [1.807, 2.05) is 18.2 Å². The lowest BCUT2D eigenvalue weighted by atomic mass is 10.2. The van der Waals surface area contributed by atoms with Crippen molar-refractivity contribution in [2.45, 2.75) is 36.8 Å². The average molecular weight is 416 g/mol. The van der Waals surface area contributed by atoms with Crippen LogP contribution in [0, 0.1) is 0 Å². The smallest absolute Gasteiger partial charge is 0.373 e. The predicted molar refractivity (Wildman–Crippen MR) is 111 cm³/mol. The highest BCUT2D eigenvalue weighted by Gasteiger charge is 2.25. The van der Waals surface area contributed by atoms with Crippen molar-refractivity contribution in [3.8, 4) is 0 Å². The number of quaternary nitrogens is 1. The molecule has 2 heterocycles. The summed E-state index contributed by atoms with van der Waals surface area (Å²) in [5.41, 5.74) is 1.20. The second kappa shape index (κ2) is 9.76. The quantitative estimate of drug-likeness (QED) is 0.428. The minimum atomic E-state index is -0.476. The highest BCUT2D eigenvalue weighted by Crippen LogP contribution is 2.26. The number of nitrogens with one attached hydrogen (secondary N) is 1. The molecule has 2 aromatic heterocycles. The van der Waals surface area contributed by atoms with Gasteiger partial charge in [-0.1, -0.05) is 49.0 Å². The van der Waals surface area contributed by atoms with E-state index in [0.717, 1.165) is 17.4 Å². The topological polar surface area (TPSA) is 74.6 Å². The molecule has 154 valence electrons. The Kier molecular flexibility index (Phi) is 7.11. The summed E-state index contributed by atoms with van der Waals surface area (Å²) in [5.74, 6) is 1.95. The normalized spacial score (nSPS) is 12.3. The molecule has 1 N–H and O–H groups in total. The number of thioether (sulfide) groups is 1. The molecule has 0 aliphatic rings. The first-order chi connectivity index (χ1) is 14.0. The lowest BCUT2D eigenvalue weighted by molar-refractivity contribution is -0.893. The number of esters is 1. The minimum absolute atomic E-state index is 0.205. The molecule has 1 aromatic carbocycles. The number of carbonyl (C=O) groups excluding carboxylic acids is 1. The average Bonchev–Trinajstić information content (AvgIpc) is 3.35. The van der Waals surface area contributed by atoms with Gasteiger partial charge in [-0.2, -0.15) is 0 Å². The number of nitrogens with zero attached hydrogens (tertiary/aromatic N) is 3. The van der Waals surface area contributed by atoms with Gasteiger partial charge in [0.05, 0.1) is 33.5 Å². The van der Waals surface area contributed by atoms with Crippen LogP contribution < -0.4 is 4.90 Å². The molecule has 3 aromatic rings. The van der Waals surface area contributed by atoms with Crippen molar-refractivity contribution in [3.63, 3.8) is 0 Å². The highest BCUT2D eigenvalue weighted by atomic mass is 32.2. The summed E-state index contributed by atoms with van der Waals surface area (Å²) in [6, 6.07) is 14.0. The van der Waals surface area contributed by atoms with Gasteiger partial charge in [0.15, 0.2) is 11.0 Å². The van der Waals surface area contributed by atoms with E-state index >= 15 is 0 Å². The molecule has 0 unspecified atom stereocenters. The van der Waals surface area contributed by atoms with Crippen LogP contribution in [0.5, 0.6) is 0 Å². The molecule has 0 bridgehead atoms. The number of benzene rings is 1. The van der Waals surface area contributed by atoms with E-state index in [1.54, 1.807) is 23.9 Å². The maximum Gasteiger partial charge on any atom is 0.373 e. The Bertz CT molecular complexity index is 937. The van der Waals surface area contributed by atoms with Crippen LogP contribution in [0.4, 0.5) is 0 Å². The van der Waals surface area contributed by atoms with Gasteiger partial charge in [-0.25, -0.2) is 4.79 Å². The third-order valence-corrected chi connectivity index (χ3v) is 5.73. The van der Waals surface area contributed by atoms with Gasteiger partial charge in [-0.3, -0.25) is 4.57 Å². The molecule has 0 aliphatic heterocycles. The molecule has 0 saturated heterocycles. The van der Waals surface area contributed by atoms with E-state index in [4.69, 9.17) is 9.15 Å². The van der Waals surface area contributed by atoms with E-state index in [0.29, 0.717) is 18.1 Å². The van der Waals surface area contributed by atoms with Gasteiger partial charge in [0.2, 0.25) is 5.76 Å². The van der Waals surface area contributed by atoms with Crippen molar-refractivity contribution in [3.05, 3.63) is 65.4 Å². The largest absolute Gasteiger partial charge is 0.463 e. The number of hydrogen-bond donors (Lipinski definition) is 1.